The Bertz CT molecular complexity index is 351. The van der Waals surface area contributed by atoms with Crippen molar-refractivity contribution in [1.29, 1.82) is 0 Å². The summed E-state index contributed by atoms with van der Waals surface area (Å²) in [4.78, 5) is 0. The minimum absolute atomic E-state index is 0.0878. The van der Waals surface area contributed by atoms with Crippen LogP contribution < -0.4 is 10.1 Å². The lowest BCUT2D eigenvalue weighted by molar-refractivity contribution is 0.230. The highest BCUT2D eigenvalue weighted by atomic mass is 16.5. The minimum atomic E-state index is 0.0878. The summed E-state index contributed by atoms with van der Waals surface area (Å²) in [7, 11) is 1.53. The highest BCUT2D eigenvalue weighted by molar-refractivity contribution is 5.42. The number of nitrogens with one attached hydrogen (secondary N) is 1. The molecular formula is C13H21NO3. The van der Waals surface area contributed by atoms with Crippen LogP contribution in [0.3, 0.4) is 0 Å². The molecule has 0 fully saturated rings. The summed E-state index contributed by atoms with van der Waals surface area (Å²) >= 11 is 0. The van der Waals surface area contributed by atoms with Crippen LogP contribution >= 0.6 is 0 Å². The lowest BCUT2D eigenvalue weighted by atomic mass is 10.1. The van der Waals surface area contributed by atoms with Gasteiger partial charge in [0.25, 0.3) is 0 Å². The molecule has 0 spiro atoms. The van der Waals surface area contributed by atoms with E-state index in [1.165, 1.54) is 7.11 Å². The molecule has 1 rings (SSSR count). The van der Waals surface area contributed by atoms with Gasteiger partial charge in [-0.05, 0) is 31.0 Å². The molecule has 0 heterocycles. The first-order valence-electron chi connectivity index (χ1n) is 5.86. The molecule has 1 aromatic carbocycles. The van der Waals surface area contributed by atoms with Crippen molar-refractivity contribution < 1.29 is 14.9 Å². The van der Waals surface area contributed by atoms with Crippen molar-refractivity contribution in [3.63, 3.8) is 0 Å². The van der Waals surface area contributed by atoms with Crippen molar-refractivity contribution in [3.05, 3.63) is 23.8 Å². The van der Waals surface area contributed by atoms with E-state index in [2.05, 4.69) is 5.32 Å². The first-order chi connectivity index (χ1) is 8.12. The monoisotopic (exact) mass is 239 g/mol. The van der Waals surface area contributed by atoms with Crippen LogP contribution in [0, 0.1) is 0 Å². The summed E-state index contributed by atoms with van der Waals surface area (Å²) in [5, 5.41) is 22.0. The Morgan fingerprint density at radius 1 is 1.41 bits per heavy atom. The van der Waals surface area contributed by atoms with Crippen LogP contribution in [-0.4, -0.2) is 30.0 Å². The minimum Gasteiger partial charge on any atom is -0.504 e. The number of rotatable bonds is 6. The number of ether oxygens (including phenoxy) is 1. The van der Waals surface area contributed by atoms with Gasteiger partial charge < -0.3 is 20.3 Å². The Hall–Kier alpha value is -1.26. The number of aromatic hydroxyl groups is 1. The quantitative estimate of drug-likeness (QED) is 0.708. The fourth-order valence-corrected chi connectivity index (χ4v) is 1.71. The van der Waals surface area contributed by atoms with Gasteiger partial charge in [-0.15, -0.1) is 0 Å². The number of hydrogen-bond acceptors (Lipinski definition) is 4. The number of aliphatic hydroxyl groups is 1. The molecule has 0 aliphatic rings. The van der Waals surface area contributed by atoms with Crippen LogP contribution in [-0.2, 0) is 0 Å². The fourth-order valence-electron chi connectivity index (χ4n) is 1.71. The zero-order valence-electron chi connectivity index (χ0n) is 10.6. The van der Waals surface area contributed by atoms with Gasteiger partial charge in [-0.25, -0.2) is 0 Å². The van der Waals surface area contributed by atoms with E-state index in [-0.39, 0.29) is 24.4 Å². The summed E-state index contributed by atoms with van der Waals surface area (Å²) < 4.78 is 5.07. The Morgan fingerprint density at radius 3 is 2.65 bits per heavy atom. The Labute approximate surface area is 102 Å². The molecule has 2 atom stereocenters. The first-order valence-corrected chi connectivity index (χ1v) is 5.86. The molecule has 4 nitrogen and oxygen atoms in total. The molecule has 17 heavy (non-hydrogen) atoms. The number of phenols is 1. The topological polar surface area (TPSA) is 61.7 Å². The van der Waals surface area contributed by atoms with Gasteiger partial charge in [0.2, 0.25) is 0 Å². The number of methoxy groups -OCH3 is 1. The third kappa shape index (κ3) is 3.61. The van der Waals surface area contributed by atoms with Gasteiger partial charge in [0.1, 0.15) is 0 Å². The van der Waals surface area contributed by atoms with Crippen molar-refractivity contribution in [2.45, 2.75) is 32.4 Å². The summed E-state index contributed by atoms with van der Waals surface area (Å²) in [5.74, 6) is 0.603. The largest absolute Gasteiger partial charge is 0.504 e. The normalized spacial score (nSPS) is 14.4. The van der Waals surface area contributed by atoms with E-state index >= 15 is 0 Å². The van der Waals surface area contributed by atoms with Crippen molar-refractivity contribution in [2.75, 3.05) is 13.7 Å². The summed E-state index contributed by atoms with van der Waals surface area (Å²) in [6, 6.07) is 5.45. The Balaban J connectivity index is 2.78. The van der Waals surface area contributed by atoms with Crippen LogP contribution in [0.4, 0.5) is 0 Å². The van der Waals surface area contributed by atoms with Crippen molar-refractivity contribution >= 4 is 0 Å². The number of hydrogen-bond donors (Lipinski definition) is 3. The lowest BCUT2D eigenvalue weighted by Crippen LogP contribution is -2.33. The van der Waals surface area contributed by atoms with Gasteiger partial charge >= 0.3 is 0 Å². The highest BCUT2D eigenvalue weighted by Crippen LogP contribution is 2.28. The van der Waals surface area contributed by atoms with Crippen LogP contribution in [0.25, 0.3) is 0 Å². The van der Waals surface area contributed by atoms with Gasteiger partial charge in [-0.3, -0.25) is 0 Å². The van der Waals surface area contributed by atoms with Gasteiger partial charge in [0, 0.05) is 12.1 Å². The predicted octanol–water partition coefficient (Wildman–Crippen LogP) is 1.82. The van der Waals surface area contributed by atoms with E-state index in [1.807, 2.05) is 19.9 Å². The molecule has 0 saturated heterocycles. The molecule has 0 amide bonds. The maximum atomic E-state index is 9.51. The molecule has 0 aliphatic heterocycles. The maximum absolute atomic E-state index is 9.51. The van der Waals surface area contributed by atoms with E-state index in [9.17, 15) is 5.11 Å². The van der Waals surface area contributed by atoms with Crippen LogP contribution in [0.15, 0.2) is 18.2 Å². The van der Waals surface area contributed by atoms with Crippen LogP contribution in [0.2, 0.25) is 0 Å². The van der Waals surface area contributed by atoms with Gasteiger partial charge in [-0.1, -0.05) is 13.0 Å². The van der Waals surface area contributed by atoms with Gasteiger partial charge in [0.15, 0.2) is 11.5 Å². The maximum Gasteiger partial charge on any atom is 0.160 e. The molecule has 96 valence electrons. The number of benzene rings is 1. The molecule has 0 aliphatic carbocycles. The third-order valence-electron chi connectivity index (χ3n) is 2.90. The smallest absolute Gasteiger partial charge is 0.160 e. The van der Waals surface area contributed by atoms with E-state index in [0.29, 0.717) is 5.75 Å². The molecule has 0 bridgehead atoms. The zero-order chi connectivity index (χ0) is 12.8. The zero-order valence-corrected chi connectivity index (χ0v) is 10.6. The summed E-state index contributed by atoms with van der Waals surface area (Å²) in [5.41, 5.74) is 1.02. The SMILES string of the molecule is CC[C@@H](CO)NC(C)c1ccc(O)c(OC)c1. The Kier molecular flexibility index (Phi) is 5.25. The van der Waals surface area contributed by atoms with E-state index in [1.54, 1.807) is 12.1 Å². The fraction of sp³-hybridized carbons (Fsp3) is 0.538. The second-order valence-electron chi connectivity index (χ2n) is 4.11. The standard InChI is InChI=1S/C13H21NO3/c1-4-11(8-15)14-9(2)10-5-6-12(16)13(7-10)17-3/h5-7,9,11,14-16H,4,8H2,1-3H3/t9?,11-/m0/s1. The third-order valence-corrected chi connectivity index (χ3v) is 2.90. The van der Waals surface area contributed by atoms with Crippen molar-refractivity contribution in [2.24, 2.45) is 0 Å². The average molecular weight is 239 g/mol. The molecule has 4 heteroatoms. The molecule has 0 radical (unpaired) electrons. The second-order valence-corrected chi connectivity index (χ2v) is 4.11. The van der Waals surface area contributed by atoms with E-state index in [0.717, 1.165) is 12.0 Å². The molecular weight excluding hydrogens is 218 g/mol. The summed E-state index contributed by atoms with van der Waals surface area (Å²) in [6.07, 6.45) is 0.871. The summed E-state index contributed by atoms with van der Waals surface area (Å²) in [6.45, 7) is 4.16. The number of phenolic OH excluding ortho intramolecular Hbond substituents is 1. The average Bonchev–Trinajstić information content (AvgIpc) is 2.36. The predicted molar refractivity (Wildman–Crippen MR) is 67.4 cm³/mol. The van der Waals surface area contributed by atoms with Crippen molar-refractivity contribution in [3.8, 4) is 11.5 Å². The molecule has 0 saturated carbocycles. The number of aliphatic hydroxyl groups excluding tert-OH is 1. The molecule has 1 unspecified atom stereocenters. The van der Waals surface area contributed by atoms with E-state index < -0.39 is 0 Å². The van der Waals surface area contributed by atoms with Crippen LogP contribution in [0.5, 0.6) is 11.5 Å². The van der Waals surface area contributed by atoms with Crippen LogP contribution in [0.1, 0.15) is 31.9 Å². The van der Waals surface area contributed by atoms with Gasteiger partial charge in [-0.2, -0.15) is 0 Å². The van der Waals surface area contributed by atoms with Gasteiger partial charge in [0.05, 0.1) is 13.7 Å². The Morgan fingerprint density at radius 2 is 2.12 bits per heavy atom. The van der Waals surface area contributed by atoms with Crippen molar-refractivity contribution in [1.82, 2.24) is 5.32 Å². The second kappa shape index (κ2) is 6.47. The molecule has 1 aromatic rings. The lowest BCUT2D eigenvalue weighted by Gasteiger charge is -2.21. The molecule has 0 aromatic heterocycles. The first kappa shape index (κ1) is 13.8. The highest BCUT2D eigenvalue weighted by Gasteiger charge is 2.12. The van der Waals surface area contributed by atoms with E-state index in [4.69, 9.17) is 9.84 Å². The molecule has 3 N–H and O–H groups in total.